The van der Waals surface area contributed by atoms with E-state index >= 15 is 0 Å². The molecule has 1 aliphatic rings. The predicted octanol–water partition coefficient (Wildman–Crippen LogP) is 3.97. The van der Waals surface area contributed by atoms with E-state index in [2.05, 4.69) is 25.9 Å². The van der Waals surface area contributed by atoms with Gasteiger partial charge in [0.25, 0.3) is 5.91 Å². The zero-order chi connectivity index (χ0) is 24.5. The average Bonchev–Trinajstić information content (AvgIpc) is 3.56. The van der Waals surface area contributed by atoms with Crippen molar-refractivity contribution in [2.24, 2.45) is 7.05 Å². The summed E-state index contributed by atoms with van der Waals surface area (Å²) in [4.78, 5) is 26.5. The highest BCUT2D eigenvalue weighted by molar-refractivity contribution is 6.01. The number of aryl methyl sites for hydroxylation is 3. The van der Waals surface area contributed by atoms with Crippen molar-refractivity contribution in [1.82, 2.24) is 25.3 Å². The normalized spacial score (nSPS) is 15.0. The highest BCUT2D eigenvalue weighted by Crippen LogP contribution is 2.33. The van der Waals surface area contributed by atoms with Crippen LogP contribution in [0.4, 0.5) is 5.69 Å². The van der Waals surface area contributed by atoms with E-state index in [0.29, 0.717) is 11.4 Å². The molecule has 2 atom stereocenters. The lowest BCUT2D eigenvalue weighted by molar-refractivity contribution is -0.118. The summed E-state index contributed by atoms with van der Waals surface area (Å²) in [7, 11) is 1.69. The second kappa shape index (κ2) is 9.06. The molecule has 0 spiro atoms. The quantitative estimate of drug-likeness (QED) is 0.400. The molecule has 2 heterocycles. The van der Waals surface area contributed by atoms with Crippen LogP contribution in [0.5, 0.6) is 0 Å². The third-order valence-electron chi connectivity index (χ3n) is 6.39. The molecule has 2 amide bonds. The van der Waals surface area contributed by atoms with Gasteiger partial charge in [-0.3, -0.25) is 19.4 Å². The summed E-state index contributed by atoms with van der Waals surface area (Å²) in [6, 6.07) is 16.3. The van der Waals surface area contributed by atoms with Gasteiger partial charge in [0.1, 0.15) is 11.7 Å². The number of hydrogen-bond acceptors (Lipinski definition) is 4. The van der Waals surface area contributed by atoms with E-state index in [1.165, 1.54) is 4.68 Å². The number of nitrogens with zero attached hydrogens (tertiary/aromatic N) is 3. The average molecular weight is 467 g/mol. The first-order valence-corrected chi connectivity index (χ1v) is 11.4. The van der Waals surface area contributed by atoms with E-state index < -0.39 is 6.04 Å². The van der Waals surface area contributed by atoms with E-state index in [1.54, 1.807) is 19.3 Å². The fourth-order valence-corrected chi connectivity index (χ4v) is 4.61. The summed E-state index contributed by atoms with van der Waals surface area (Å²) in [5.41, 5.74) is 7.05. The molecule has 3 N–H and O–H groups in total. The Morgan fingerprint density at radius 1 is 1.06 bits per heavy atom. The van der Waals surface area contributed by atoms with Crippen molar-refractivity contribution in [3.05, 3.63) is 95.1 Å². The summed E-state index contributed by atoms with van der Waals surface area (Å²) in [6.45, 7) is 3.94. The highest BCUT2D eigenvalue weighted by Gasteiger charge is 2.33. The van der Waals surface area contributed by atoms with Crippen molar-refractivity contribution in [2.45, 2.75) is 25.8 Å². The molecule has 0 radical (unpaired) electrons. The number of carbonyl (C=O) groups is 2. The number of aromatic nitrogens is 4. The maximum Gasteiger partial charge on any atom is 0.270 e. The summed E-state index contributed by atoms with van der Waals surface area (Å²) >= 11 is 0. The zero-order valence-corrected chi connectivity index (χ0v) is 19.7. The summed E-state index contributed by atoms with van der Waals surface area (Å²) in [6.07, 6.45) is 5.51. The Hall–Kier alpha value is -4.46. The molecule has 35 heavy (non-hydrogen) atoms. The van der Waals surface area contributed by atoms with Crippen molar-refractivity contribution in [3.63, 3.8) is 0 Å². The Kier molecular flexibility index (Phi) is 5.78. The van der Waals surface area contributed by atoms with Gasteiger partial charge in [-0.05, 0) is 48.7 Å². The lowest BCUT2D eigenvalue weighted by Crippen LogP contribution is -2.47. The molecule has 176 valence electrons. The molecule has 0 aliphatic heterocycles. The van der Waals surface area contributed by atoms with Crippen LogP contribution in [-0.4, -0.2) is 37.8 Å². The van der Waals surface area contributed by atoms with Gasteiger partial charge in [0.2, 0.25) is 5.91 Å². The molecule has 8 nitrogen and oxygen atoms in total. The minimum atomic E-state index is -0.810. The topological polar surface area (TPSA) is 105 Å². The molecule has 2 aromatic heterocycles. The van der Waals surface area contributed by atoms with Crippen LogP contribution in [0.3, 0.4) is 0 Å². The summed E-state index contributed by atoms with van der Waals surface area (Å²) in [5.74, 6) is -0.946. The van der Waals surface area contributed by atoms with Gasteiger partial charge in [0.05, 0.1) is 5.69 Å². The number of rotatable bonds is 6. The predicted molar refractivity (Wildman–Crippen MR) is 135 cm³/mol. The Morgan fingerprint density at radius 2 is 1.83 bits per heavy atom. The summed E-state index contributed by atoms with van der Waals surface area (Å²) < 4.78 is 1.49. The van der Waals surface area contributed by atoms with E-state index in [-0.39, 0.29) is 17.7 Å². The number of carbonyl (C=O) groups excluding carboxylic acids is 2. The number of fused-ring (bicyclic) bond motifs is 1. The molecular weight excluding hydrogens is 440 g/mol. The minimum absolute atomic E-state index is 0.293. The second-order valence-electron chi connectivity index (χ2n) is 8.68. The molecule has 0 saturated heterocycles. The van der Waals surface area contributed by atoms with Crippen molar-refractivity contribution >= 4 is 23.6 Å². The standard InChI is InChI=1S/C27H26N6O2/c1-16-24(17(2)32-31-16)19-8-11-20(12-9-19)29-27(35)25(30-26(34)23-14-15-28-33(23)3)22-13-10-18-6-4-5-7-21(18)22/h4-15,22,25H,1-3H3,(H,29,35)(H,30,34)(H,31,32)/t22-,25+/m1/s1. The second-order valence-corrected chi connectivity index (χ2v) is 8.68. The molecular formula is C27H26N6O2. The van der Waals surface area contributed by atoms with Gasteiger partial charge >= 0.3 is 0 Å². The largest absolute Gasteiger partial charge is 0.338 e. The SMILES string of the molecule is Cc1n[nH]c(C)c1-c1ccc(NC(=O)[C@@H](NC(=O)c2ccnn2C)[C@@H]2C=Cc3ccccc32)cc1. The third-order valence-corrected chi connectivity index (χ3v) is 6.39. The lowest BCUT2D eigenvalue weighted by atomic mass is 9.92. The smallest absolute Gasteiger partial charge is 0.270 e. The van der Waals surface area contributed by atoms with Crippen LogP contribution in [0.2, 0.25) is 0 Å². The number of H-pyrrole nitrogens is 1. The molecule has 4 aromatic rings. The highest BCUT2D eigenvalue weighted by atomic mass is 16.2. The van der Waals surface area contributed by atoms with Gasteiger partial charge in [-0.1, -0.05) is 48.6 Å². The Morgan fingerprint density at radius 3 is 2.51 bits per heavy atom. The molecule has 8 heteroatoms. The number of hydrogen-bond donors (Lipinski definition) is 3. The molecule has 2 aromatic carbocycles. The number of amides is 2. The van der Waals surface area contributed by atoms with Gasteiger partial charge in [0, 0.05) is 36.1 Å². The molecule has 0 fully saturated rings. The van der Waals surface area contributed by atoms with Gasteiger partial charge in [-0.25, -0.2) is 0 Å². The van der Waals surface area contributed by atoms with Crippen LogP contribution < -0.4 is 10.6 Å². The summed E-state index contributed by atoms with van der Waals surface area (Å²) in [5, 5.41) is 17.2. The van der Waals surface area contributed by atoms with Gasteiger partial charge in [-0.2, -0.15) is 10.2 Å². The van der Waals surface area contributed by atoms with Crippen LogP contribution in [0.25, 0.3) is 17.2 Å². The maximum absolute atomic E-state index is 13.5. The van der Waals surface area contributed by atoms with Gasteiger partial charge < -0.3 is 10.6 Å². The van der Waals surface area contributed by atoms with E-state index in [0.717, 1.165) is 33.6 Å². The first-order valence-electron chi connectivity index (χ1n) is 11.4. The number of aromatic amines is 1. The fraction of sp³-hybridized carbons (Fsp3) is 0.185. The molecule has 1 aliphatic carbocycles. The molecule has 0 bridgehead atoms. The fourth-order valence-electron chi connectivity index (χ4n) is 4.61. The van der Waals surface area contributed by atoms with Crippen LogP contribution in [0, 0.1) is 13.8 Å². The van der Waals surface area contributed by atoms with E-state index in [9.17, 15) is 9.59 Å². The third kappa shape index (κ3) is 4.26. The Bertz CT molecular complexity index is 1410. The number of nitrogens with one attached hydrogen (secondary N) is 3. The Labute approximate surface area is 203 Å². The van der Waals surface area contributed by atoms with Crippen LogP contribution in [0.1, 0.15) is 38.9 Å². The van der Waals surface area contributed by atoms with Crippen molar-refractivity contribution in [2.75, 3.05) is 5.32 Å². The van der Waals surface area contributed by atoms with Crippen molar-refractivity contribution in [3.8, 4) is 11.1 Å². The zero-order valence-electron chi connectivity index (χ0n) is 19.7. The number of benzene rings is 2. The van der Waals surface area contributed by atoms with Gasteiger partial charge in [-0.15, -0.1) is 0 Å². The molecule has 0 unspecified atom stereocenters. The van der Waals surface area contributed by atoms with Gasteiger partial charge in [0.15, 0.2) is 0 Å². The maximum atomic E-state index is 13.5. The van der Waals surface area contributed by atoms with E-state index in [4.69, 9.17) is 0 Å². The first-order chi connectivity index (χ1) is 16.9. The minimum Gasteiger partial charge on any atom is -0.338 e. The van der Waals surface area contributed by atoms with Crippen LogP contribution in [0.15, 0.2) is 66.9 Å². The van der Waals surface area contributed by atoms with Crippen LogP contribution >= 0.6 is 0 Å². The number of anilines is 1. The monoisotopic (exact) mass is 466 g/mol. The molecule has 0 saturated carbocycles. The van der Waals surface area contributed by atoms with Crippen molar-refractivity contribution < 1.29 is 9.59 Å². The van der Waals surface area contributed by atoms with Crippen molar-refractivity contribution in [1.29, 1.82) is 0 Å². The van der Waals surface area contributed by atoms with E-state index in [1.807, 2.05) is 74.5 Å². The lowest BCUT2D eigenvalue weighted by Gasteiger charge is -2.24. The Balaban J connectivity index is 1.40. The molecule has 5 rings (SSSR count). The van der Waals surface area contributed by atoms with Crippen LogP contribution in [-0.2, 0) is 11.8 Å². The first kappa shape index (κ1) is 22.3.